The van der Waals surface area contributed by atoms with Crippen LogP contribution in [0.1, 0.15) is 12.0 Å². The molecule has 0 saturated carbocycles. The van der Waals surface area contributed by atoms with Crippen molar-refractivity contribution in [3.8, 4) is 0 Å². The van der Waals surface area contributed by atoms with E-state index in [4.69, 9.17) is 4.74 Å². The van der Waals surface area contributed by atoms with Crippen molar-refractivity contribution in [1.82, 2.24) is 9.80 Å². The van der Waals surface area contributed by atoms with Gasteiger partial charge in [-0.25, -0.2) is 0 Å². The molecular formula is C15H22N2O2S. The second kappa shape index (κ2) is 5.84. The van der Waals surface area contributed by atoms with Crippen molar-refractivity contribution in [2.45, 2.75) is 12.8 Å². The molecule has 2 fully saturated rings. The largest absolute Gasteiger partial charge is 0.379 e. The fraction of sp³-hybridized carbons (Fsp3) is 0.667. The Hall–Kier alpha value is -0.910. The zero-order valence-corrected chi connectivity index (χ0v) is 12.8. The Morgan fingerprint density at radius 2 is 2.35 bits per heavy atom. The highest BCUT2D eigenvalue weighted by molar-refractivity contribution is 7.07. The van der Waals surface area contributed by atoms with Gasteiger partial charge in [-0.15, -0.1) is 0 Å². The van der Waals surface area contributed by atoms with E-state index in [0.717, 1.165) is 44.8 Å². The van der Waals surface area contributed by atoms with Gasteiger partial charge in [0.25, 0.3) is 0 Å². The van der Waals surface area contributed by atoms with Crippen molar-refractivity contribution in [2.75, 3.05) is 46.4 Å². The third kappa shape index (κ3) is 3.05. The molecular weight excluding hydrogens is 272 g/mol. The van der Waals surface area contributed by atoms with Crippen molar-refractivity contribution in [3.05, 3.63) is 22.4 Å². The zero-order valence-electron chi connectivity index (χ0n) is 12.0. The van der Waals surface area contributed by atoms with Crippen LogP contribution in [0.2, 0.25) is 0 Å². The maximum Gasteiger partial charge on any atom is 0.227 e. The molecule has 0 aromatic carbocycles. The van der Waals surface area contributed by atoms with Crippen LogP contribution in [0, 0.1) is 5.41 Å². The van der Waals surface area contributed by atoms with Gasteiger partial charge in [0.1, 0.15) is 0 Å². The number of hydrogen-bond acceptors (Lipinski definition) is 4. The predicted molar refractivity (Wildman–Crippen MR) is 80.0 cm³/mol. The van der Waals surface area contributed by atoms with Gasteiger partial charge in [-0.3, -0.25) is 4.79 Å². The third-order valence-electron chi connectivity index (χ3n) is 4.36. The Morgan fingerprint density at radius 3 is 3.05 bits per heavy atom. The smallest absolute Gasteiger partial charge is 0.227 e. The summed E-state index contributed by atoms with van der Waals surface area (Å²) in [5.74, 6) is 0.239. The van der Waals surface area contributed by atoms with Gasteiger partial charge in [-0.05, 0) is 42.4 Å². The molecule has 1 aromatic heterocycles. The summed E-state index contributed by atoms with van der Waals surface area (Å²) in [5, 5.41) is 4.09. The number of rotatable bonds is 2. The van der Waals surface area contributed by atoms with Crippen LogP contribution < -0.4 is 0 Å². The summed E-state index contributed by atoms with van der Waals surface area (Å²) in [4.78, 5) is 16.9. The zero-order chi connectivity index (χ0) is 14.0. The molecule has 4 nitrogen and oxygen atoms in total. The fourth-order valence-corrected chi connectivity index (χ4v) is 3.96. The number of amides is 1. The predicted octanol–water partition coefficient (Wildman–Crippen LogP) is 1.47. The lowest BCUT2D eigenvalue weighted by atomic mass is 9.87. The minimum atomic E-state index is 0.148. The fourth-order valence-electron chi connectivity index (χ4n) is 3.29. The quantitative estimate of drug-likeness (QED) is 0.828. The van der Waals surface area contributed by atoms with Gasteiger partial charge in [-0.2, -0.15) is 11.3 Å². The summed E-state index contributed by atoms with van der Waals surface area (Å²) in [6.07, 6.45) is 1.65. The standard InChI is InChI=1S/C15H22N2O2S/c1-16-4-3-15(10-16)11-17(5-6-19-12-15)14(18)8-13-2-7-20-9-13/h2,7,9H,3-6,8,10-12H2,1H3. The number of carbonyl (C=O) groups is 1. The van der Waals surface area contributed by atoms with Gasteiger partial charge in [-0.1, -0.05) is 0 Å². The summed E-state index contributed by atoms with van der Waals surface area (Å²) in [6.45, 7) is 5.18. The van der Waals surface area contributed by atoms with Crippen LogP contribution in [0.3, 0.4) is 0 Å². The summed E-state index contributed by atoms with van der Waals surface area (Å²) >= 11 is 1.65. The van der Waals surface area contributed by atoms with Crippen LogP contribution in [0.5, 0.6) is 0 Å². The first kappa shape index (κ1) is 14.0. The first-order valence-corrected chi connectivity index (χ1v) is 8.16. The molecule has 0 radical (unpaired) electrons. The Morgan fingerprint density at radius 1 is 1.45 bits per heavy atom. The maximum atomic E-state index is 12.5. The lowest BCUT2D eigenvalue weighted by Gasteiger charge is -2.31. The van der Waals surface area contributed by atoms with Crippen LogP contribution >= 0.6 is 11.3 Å². The Labute approximate surface area is 124 Å². The van der Waals surface area contributed by atoms with Gasteiger partial charge in [0.15, 0.2) is 0 Å². The molecule has 3 heterocycles. The van der Waals surface area contributed by atoms with E-state index in [9.17, 15) is 4.79 Å². The van der Waals surface area contributed by atoms with Crippen LogP contribution in [0.15, 0.2) is 16.8 Å². The van der Waals surface area contributed by atoms with E-state index in [1.165, 1.54) is 0 Å². The van der Waals surface area contributed by atoms with Crippen molar-refractivity contribution < 1.29 is 9.53 Å². The van der Waals surface area contributed by atoms with Crippen molar-refractivity contribution in [2.24, 2.45) is 5.41 Å². The molecule has 1 spiro atoms. The first-order valence-electron chi connectivity index (χ1n) is 7.22. The molecule has 1 aromatic rings. The number of carbonyl (C=O) groups excluding carboxylic acids is 1. The van der Waals surface area contributed by atoms with E-state index in [0.29, 0.717) is 13.0 Å². The van der Waals surface area contributed by atoms with E-state index in [1.54, 1.807) is 11.3 Å². The van der Waals surface area contributed by atoms with Crippen LogP contribution in [0.25, 0.3) is 0 Å². The second-order valence-electron chi connectivity index (χ2n) is 6.16. The highest BCUT2D eigenvalue weighted by Crippen LogP contribution is 2.32. The number of likely N-dealkylation sites (tertiary alicyclic amines) is 1. The maximum absolute atomic E-state index is 12.5. The summed E-state index contributed by atoms with van der Waals surface area (Å²) in [5.41, 5.74) is 1.28. The molecule has 110 valence electrons. The van der Waals surface area contributed by atoms with E-state index in [2.05, 4.69) is 17.3 Å². The third-order valence-corrected chi connectivity index (χ3v) is 5.09. The minimum Gasteiger partial charge on any atom is -0.379 e. The van der Waals surface area contributed by atoms with Crippen molar-refractivity contribution in [1.29, 1.82) is 0 Å². The molecule has 1 unspecified atom stereocenters. The molecule has 1 amide bonds. The molecule has 20 heavy (non-hydrogen) atoms. The monoisotopic (exact) mass is 294 g/mol. The lowest BCUT2D eigenvalue weighted by molar-refractivity contribution is -0.131. The average molecular weight is 294 g/mol. The van der Waals surface area contributed by atoms with Gasteiger partial charge in [0, 0.05) is 25.0 Å². The molecule has 0 N–H and O–H groups in total. The van der Waals surface area contributed by atoms with Crippen molar-refractivity contribution in [3.63, 3.8) is 0 Å². The lowest BCUT2D eigenvalue weighted by Crippen LogP contribution is -2.43. The summed E-state index contributed by atoms with van der Waals surface area (Å²) in [6, 6.07) is 2.04. The Kier molecular flexibility index (Phi) is 4.10. The van der Waals surface area contributed by atoms with Crippen LogP contribution in [0.4, 0.5) is 0 Å². The normalized spacial score (nSPS) is 27.9. The molecule has 2 aliphatic rings. The van der Waals surface area contributed by atoms with Crippen LogP contribution in [-0.2, 0) is 16.0 Å². The topological polar surface area (TPSA) is 32.8 Å². The van der Waals surface area contributed by atoms with E-state index in [1.807, 2.05) is 16.3 Å². The second-order valence-corrected chi connectivity index (χ2v) is 6.94. The molecule has 0 bridgehead atoms. The summed E-state index contributed by atoms with van der Waals surface area (Å²) < 4.78 is 5.78. The van der Waals surface area contributed by atoms with Crippen LogP contribution in [-0.4, -0.2) is 62.1 Å². The number of nitrogens with zero attached hydrogens (tertiary/aromatic N) is 2. The molecule has 2 aliphatic heterocycles. The average Bonchev–Trinajstić information content (AvgIpc) is 2.98. The van der Waals surface area contributed by atoms with Gasteiger partial charge < -0.3 is 14.5 Å². The molecule has 0 aliphatic carbocycles. The number of ether oxygens (including phenoxy) is 1. The number of thiophene rings is 1. The number of hydrogen-bond donors (Lipinski definition) is 0. The first-order chi connectivity index (χ1) is 9.67. The van der Waals surface area contributed by atoms with E-state index < -0.39 is 0 Å². The van der Waals surface area contributed by atoms with Gasteiger partial charge in [0.2, 0.25) is 5.91 Å². The highest BCUT2D eigenvalue weighted by atomic mass is 32.1. The SMILES string of the molecule is CN1CCC2(COCCN(C(=O)Cc3ccsc3)C2)C1. The summed E-state index contributed by atoms with van der Waals surface area (Å²) in [7, 11) is 2.15. The minimum absolute atomic E-state index is 0.148. The Bertz CT molecular complexity index is 462. The van der Waals surface area contributed by atoms with E-state index >= 15 is 0 Å². The highest BCUT2D eigenvalue weighted by Gasteiger charge is 2.40. The molecule has 5 heteroatoms. The molecule has 3 rings (SSSR count). The Balaban J connectivity index is 1.67. The van der Waals surface area contributed by atoms with E-state index in [-0.39, 0.29) is 11.3 Å². The molecule has 2 saturated heterocycles. The van der Waals surface area contributed by atoms with Gasteiger partial charge in [0.05, 0.1) is 19.6 Å². The molecule has 1 atom stereocenters. The van der Waals surface area contributed by atoms with Crippen molar-refractivity contribution >= 4 is 17.2 Å². The van der Waals surface area contributed by atoms with Gasteiger partial charge >= 0.3 is 0 Å².